The molecular formula is C17H13N3O3S. The van der Waals surface area contributed by atoms with Gasteiger partial charge in [-0.15, -0.1) is 0 Å². The standard InChI is InChI=1S/C17H13N3O3S/c1-11-9-13(7-8-14(11)12-5-3-2-4-6-12)16(21)19-17-18-10-15(24-17)20(22)23/h2-10H,1H3,(H,18,19,21). The third kappa shape index (κ3) is 3.31. The molecule has 0 radical (unpaired) electrons. The van der Waals surface area contributed by atoms with Crippen LogP contribution < -0.4 is 5.32 Å². The summed E-state index contributed by atoms with van der Waals surface area (Å²) < 4.78 is 0. The largest absolute Gasteiger partial charge is 0.345 e. The van der Waals surface area contributed by atoms with E-state index in [2.05, 4.69) is 10.3 Å². The fourth-order valence-electron chi connectivity index (χ4n) is 2.32. The van der Waals surface area contributed by atoms with Crippen molar-refractivity contribution in [1.82, 2.24) is 4.98 Å². The number of thiazole rings is 1. The molecule has 0 bridgehead atoms. The van der Waals surface area contributed by atoms with Gasteiger partial charge in [0, 0.05) is 5.56 Å². The van der Waals surface area contributed by atoms with Crippen LogP contribution >= 0.6 is 11.3 Å². The van der Waals surface area contributed by atoms with E-state index >= 15 is 0 Å². The molecule has 120 valence electrons. The molecule has 0 aliphatic rings. The minimum Gasteiger partial charge on any atom is -0.298 e. The van der Waals surface area contributed by atoms with Gasteiger partial charge in [-0.2, -0.15) is 0 Å². The van der Waals surface area contributed by atoms with Crippen LogP contribution in [0.3, 0.4) is 0 Å². The average molecular weight is 339 g/mol. The normalized spacial score (nSPS) is 10.4. The van der Waals surface area contributed by atoms with Gasteiger partial charge in [0.05, 0.1) is 4.92 Å². The van der Waals surface area contributed by atoms with E-state index in [1.807, 2.05) is 43.3 Å². The molecule has 3 rings (SSSR count). The van der Waals surface area contributed by atoms with Crippen LogP contribution in [0.2, 0.25) is 0 Å². The van der Waals surface area contributed by atoms with Crippen LogP contribution in [0.25, 0.3) is 11.1 Å². The van der Waals surface area contributed by atoms with Gasteiger partial charge in [-0.25, -0.2) is 4.98 Å². The van der Waals surface area contributed by atoms with Gasteiger partial charge in [-0.3, -0.25) is 20.2 Å². The second kappa shape index (κ2) is 6.59. The highest BCUT2D eigenvalue weighted by atomic mass is 32.1. The molecule has 3 aromatic rings. The zero-order valence-electron chi connectivity index (χ0n) is 12.7. The second-order valence-corrected chi connectivity index (χ2v) is 6.12. The highest BCUT2D eigenvalue weighted by molar-refractivity contribution is 7.18. The third-order valence-electron chi connectivity index (χ3n) is 3.47. The summed E-state index contributed by atoms with van der Waals surface area (Å²) in [5.41, 5.74) is 3.58. The van der Waals surface area contributed by atoms with Crippen LogP contribution in [0, 0.1) is 17.0 Å². The fourth-order valence-corrected chi connectivity index (χ4v) is 2.95. The van der Waals surface area contributed by atoms with Gasteiger partial charge in [0.1, 0.15) is 6.20 Å². The number of carbonyl (C=O) groups is 1. The maximum atomic E-state index is 12.3. The van der Waals surface area contributed by atoms with Crippen LogP contribution in [-0.2, 0) is 0 Å². The first-order chi connectivity index (χ1) is 11.5. The van der Waals surface area contributed by atoms with Gasteiger partial charge in [-0.05, 0) is 47.1 Å². The van der Waals surface area contributed by atoms with E-state index in [0.29, 0.717) is 5.56 Å². The molecule has 1 aromatic heterocycles. The summed E-state index contributed by atoms with van der Waals surface area (Å²) in [7, 11) is 0. The summed E-state index contributed by atoms with van der Waals surface area (Å²) in [6.07, 6.45) is 1.13. The maximum Gasteiger partial charge on any atom is 0.345 e. The molecule has 2 aromatic carbocycles. The number of aromatic nitrogens is 1. The number of hydrogen-bond acceptors (Lipinski definition) is 5. The monoisotopic (exact) mass is 339 g/mol. The van der Waals surface area contributed by atoms with Crippen molar-refractivity contribution in [2.24, 2.45) is 0 Å². The lowest BCUT2D eigenvalue weighted by Crippen LogP contribution is -2.11. The highest BCUT2D eigenvalue weighted by Gasteiger charge is 2.15. The molecule has 24 heavy (non-hydrogen) atoms. The Bertz CT molecular complexity index is 906. The predicted octanol–water partition coefficient (Wildman–Crippen LogP) is 4.28. The Labute approximate surface area is 141 Å². The smallest absolute Gasteiger partial charge is 0.298 e. The minimum absolute atomic E-state index is 0.110. The molecule has 1 N–H and O–H groups in total. The molecule has 0 fully saturated rings. The Balaban J connectivity index is 1.80. The lowest BCUT2D eigenvalue weighted by Gasteiger charge is -2.08. The molecule has 7 heteroatoms. The van der Waals surface area contributed by atoms with Crippen LogP contribution in [0.5, 0.6) is 0 Å². The Morgan fingerprint density at radius 2 is 1.96 bits per heavy atom. The summed E-state index contributed by atoms with van der Waals surface area (Å²) in [4.78, 5) is 26.2. The summed E-state index contributed by atoms with van der Waals surface area (Å²) >= 11 is 0.826. The Morgan fingerprint density at radius 1 is 1.21 bits per heavy atom. The topological polar surface area (TPSA) is 85.1 Å². The molecular weight excluding hydrogens is 326 g/mol. The highest BCUT2D eigenvalue weighted by Crippen LogP contribution is 2.27. The van der Waals surface area contributed by atoms with Crippen molar-refractivity contribution in [3.8, 4) is 11.1 Å². The molecule has 0 spiro atoms. The number of hydrogen-bond donors (Lipinski definition) is 1. The predicted molar refractivity (Wildman–Crippen MR) is 93.3 cm³/mol. The number of carbonyl (C=O) groups excluding carboxylic acids is 1. The number of amides is 1. The number of benzene rings is 2. The number of aryl methyl sites for hydroxylation is 1. The number of nitrogens with one attached hydrogen (secondary N) is 1. The molecule has 0 atom stereocenters. The van der Waals surface area contributed by atoms with Gasteiger partial charge in [0.25, 0.3) is 5.91 Å². The molecule has 0 saturated heterocycles. The first-order valence-corrected chi connectivity index (χ1v) is 7.94. The average Bonchev–Trinajstić information content (AvgIpc) is 3.04. The lowest BCUT2D eigenvalue weighted by atomic mass is 9.98. The summed E-state index contributed by atoms with van der Waals surface area (Å²) in [6, 6.07) is 15.3. The zero-order valence-corrected chi connectivity index (χ0v) is 13.5. The third-order valence-corrected chi connectivity index (χ3v) is 4.33. The fraction of sp³-hybridized carbons (Fsp3) is 0.0588. The van der Waals surface area contributed by atoms with Crippen LogP contribution in [-0.4, -0.2) is 15.8 Å². The van der Waals surface area contributed by atoms with Crippen molar-refractivity contribution in [3.63, 3.8) is 0 Å². The van der Waals surface area contributed by atoms with E-state index in [9.17, 15) is 14.9 Å². The first kappa shape index (κ1) is 15.8. The van der Waals surface area contributed by atoms with E-state index in [4.69, 9.17) is 0 Å². The summed E-state index contributed by atoms with van der Waals surface area (Å²) in [6.45, 7) is 1.94. The lowest BCUT2D eigenvalue weighted by molar-refractivity contribution is -0.380. The van der Waals surface area contributed by atoms with Crippen molar-refractivity contribution in [3.05, 3.63) is 76.0 Å². The maximum absolute atomic E-state index is 12.3. The molecule has 0 aliphatic carbocycles. The Morgan fingerprint density at radius 3 is 2.58 bits per heavy atom. The molecule has 1 heterocycles. The summed E-state index contributed by atoms with van der Waals surface area (Å²) in [5, 5.41) is 13.3. The van der Waals surface area contributed by atoms with Crippen LogP contribution in [0.15, 0.2) is 54.7 Å². The number of anilines is 1. The Hall–Kier alpha value is -3.06. The van der Waals surface area contributed by atoms with Gasteiger partial charge < -0.3 is 0 Å². The van der Waals surface area contributed by atoms with Crippen LogP contribution in [0.1, 0.15) is 15.9 Å². The molecule has 0 unspecified atom stereocenters. The van der Waals surface area contributed by atoms with Gasteiger partial charge in [0.15, 0.2) is 5.13 Å². The quantitative estimate of drug-likeness (QED) is 0.568. The SMILES string of the molecule is Cc1cc(C(=O)Nc2ncc([N+](=O)[O-])s2)ccc1-c1ccccc1. The van der Waals surface area contributed by atoms with E-state index < -0.39 is 4.92 Å². The number of nitro groups is 1. The molecule has 6 nitrogen and oxygen atoms in total. The van der Waals surface area contributed by atoms with Gasteiger partial charge >= 0.3 is 5.00 Å². The van der Waals surface area contributed by atoms with Crippen molar-refractivity contribution >= 4 is 27.4 Å². The summed E-state index contributed by atoms with van der Waals surface area (Å²) in [5.74, 6) is -0.345. The van der Waals surface area contributed by atoms with E-state index in [-0.39, 0.29) is 16.0 Å². The van der Waals surface area contributed by atoms with Gasteiger partial charge in [-0.1, -0.05) is 36.4 Å². The molecule has 1 amide bonds. The van der Waals surface area contributed by atoms with Crippen molar-refractivity contribution in [2.45, 2.75) is 6.92 Å². The first-order valence-electron chi connectivity index (χ1n) is 7.12. The van der Waals surface area contributed by atoms with E-state index in [1.165, 1.54) is 0 Å². The van der Waals surface area contributed by atoms with Gasteiger partial charge in [0.2, 0.25) is 0 Å². The van der Waals surface area contributed by atoms with E-state index in [0.717, 1.165) is 34.2 Å². The van der Waals surface area contributed by atoms with Crippen molar-refractivity contribution in [2.75, 3.05) is 5.32 Å². The minimum atomic E-state index is -0.536. The number of rotatable bonds is 4. The molecule has 0 aliphatic heterocycles. The zero-order chi connectivity index (χ0) is 17.1. The van der Waals surface area contributed by atoms with E-state index in [1.54, 1.807) is 12.1 Å². The second-order valence-electron chi connectivity index (χ2n) is 5.11. The number of nitrogens with zero attached hydrogens (tertiary/aromatic N) is 2. The van der Waals surface area contributed by atoms with Crippen molar-refractivity contribution in [1.29, 1.82) is 0 Å². The van der Waals surface area contributed by atoms with Crippen LogP contribution in [0.4, 0.5) is 10.1 Å². The molecule has 0 saturated carbocycles. The Kier molecular flexibility index (Phi) is 4.35. The van der Waals surface area contributed by atoms with Crippen molar-refractivity contribution < 1.29 is 9.72 Å².